The number of para-hydroxylation sites is 2. The average Bonchev–Trinajstić information content (AvgIpc) is 4.01. The fourth-order valence-electron chi connectivity index (χ4n) is 11.7. The van der Waals surface area contributed by atoms with Crippen molar-refractivity contribution >= 4 is 73.5 Å². The van der Waals surface area contributed by atoms with Crippen LogP contribution in [0.4, 0.5) is 11.4 Å². The van der Waals surface area contributed by atoms with Crippen molar-refractivity contribution in [3.63, 3.8) is 0 Å². The second-order valence-corrected chi connectivity index (χ2v) is 22.1. The molecule has 8 atom stereocenters. The van der Waals surface area contributed by atoms with Crippen LogP contribution in [0.3, 0.4) is 0 Å². The predicted molar refractivity (Wildman–Crippen MR) is 304 cm³/mol. The van der Waals surface area contributed by atoms with Gasteiger partial charge in [0.05, 0.1) is 49.7 Å². The van der Waals surface area contributed by atoms with E-state index < -0.39 is 54.3 Å². The molecule has 1 unspecified atom stereocenters. The molecule has 0 spiro atoms. The fraction of sp³-hybridized carbons (Fsp3) is 0.433. The van der Waals surface area contributed by atoms with Gasteiger partial charge in [-0.3, -0.25) is 28.8 Å². The van der Waals surface area contributed by atoms with Gasteiger partial charge in [-0.1, -0.05) is 95.9 Å². The summed E-state index contributed by atoms with van der Waals surface area (Å²) in [5.41, 5.74) is 4.75. The molecule has 1 saturated heterocycles. The number of amides is 6. The summed E-state index contributed by atoms with van der Waals surface area (Å²) in [5.74, 6) is -1.69. The summed E-state index contributed by atoms with van der Waals surface area (Å²) in [6.07, 6.45) is 5.86. The van der Waals surface area contributed by atoms with E-state index in [9.17, 15) is 33.9 Å². The maximum Gasteiger partial charge on any atom is 0.251 e. The molecular formula is C60H72BrN9O8. The topological polar surface area (TPSA) is 214 Å². The van der Waals surface area contributed by atoms with Gasteiger partial charge < -0.3 is 56.4 Å². The van der Waals surface area contributed by atoms with Gasteiger partial charge in [0.2, 0.25) is 23.6 Å². The van der Waals surface area contributed by atoms with Crippen molar-refractivity contribution in [1.29, 1.82) is 0 Å². The molecule has 412 valence electrons. The Labute approximate surface area is 464 Å². The molecule has 0 bridgehead atoms. The molecule has 2 heterocycles. The Morgan fingerprint density at radius 1 is 0.756 bits per heavy atom. The standard InChI is InChI=1S/C60H72BrN9O8/c1-35(62-3)54(71)66-48-34-70(50-21-12-11-20-49(50)69(59(48)76)33-46-44-28-27-42(61)30-41(44)26-29-52(46)78-5)58(75)40-24-22-39(23-25-40)56(73)64-43-31-51(57(74)65-47-19-13-17-37-14-9-10-18-45(37)47)68(32-43)60(77)53(38-15-7-6-8-16-38)67-55(72)36(2)63-4/h9-12,14,18,20-30,35-36,38,43,47-48,51,53,58,62-63,75H,6-8,13,15-17,19,31-34H2,1-5H3,(H,64,73)(H,65,74)(H,66,71)(H,67,72)/t35-,36-,43-,47-,48-,51-,53-,58?/m0/s1. The van der Waals surface area contributed by atoms with E-state index in [-0.39, 0.29) is 67.2 Å². The number of likely N-dealkylation sites (tertiary alicyclic amines) is 1. The number of likely N-dealkylation sites (N-methyl/N-ethyl adjacent to an activating group) is 2. The summed E-state index contributed by atoms with van der Waals surface area (Å²) in [6, 6.07) is 26.7. The number of hydrogen-bond donors (Lipinski definition) is 7. The SMILES string of the molecule is CN[C@@H](C)C(=O)N[C@H]1CN(C(O)c2ccc(C(=O)N[C@H]3C[C@@H](C(=O)N[C@H]4CCCc5ccccc54)N(C(=O)[C@@H](NC(=O)[C@H](C)NC)C4CCCCC4)C3)cc2)c2ccccc2N(Cc2c(OC)ccc3cc(Br)ccc23)C1=O. The number of nitrogens with zero attached hydrogens (tertiary/aromatic N) is 3. The number of carbonyl (C=O) groups is 6. The van der Waals surface area contributed by atoms with E-state index in [2.05, 4.69) is 53.9 Å². The Morgan fingerprint density at radius 2 is 1.46 bits per heavy atom. The van der Waals surface area contributed by atoms with Crippen LogP contribution in [0.1, 0.15) is 110 Å². The molecule has 9 rings (SSSR count). The number of anilines is 2. The molecule has 5 aromatic carbocycles. The molecule has 6 amide bonds. The molecular weight excluding hydrogens is 1050 g/mol. The minimum Gasteiger partial charge on any atom is -0.496 e. The van der Waals surface area contributed by atoms with Crippen LogP contribution in [0.25, 0.3) is 10.8 Å². The van der Waals surface area contributed by atoms with Crippen molar-refractivity contribution in [2.45, 2.75) is 127 Å². The fourth-order valence-corrected chi connectivity index (χ4v) is 12.1. The Bertz CT molecular complexity index is 3020. The third-order valence-electron chi connectivity index (χ3n) is 16.3. The molecule has 0 radical (unpaired) electrons. The number of methoxy groups -OCH3 is 1. The molecule has 7 N–H and O–H groups in total. The van der Waals surface area contributed by atoms with Crippen molar-refractivity contribution in [3.8, 4) is 5.75 Å². The second kappa shape index (κ2) is 24.9. The van der Waals surface area contributed by atoms with Gasteiger partial charge in [0.1, 0.15) is 23.9 Å². The Kier molecular flexibility index (Phi) is 17.8. The first-order chi connectivity index (χ1) is 37.7. The highest BCUT2D eigenvalue weighted by atomic mass is 79.9. The molecule has 4 aliphatic rings. The van der Waals surface area contributed by atoms with Crippen molar-refractivity contribution in [3.05, 3.63) is 135 Å². The molecule has 0 aromatic heterocycles. The molecule has 2 fully saturated rings. The molecule has 18 heteroatoms. The highest BCUT2D eigenvalue weighted by Crippen LogP contribution is 2.41. The number of carbonyl (C=O) groups excluding carboxylic acids is 6. The van der Waals surface area contributed by atoms with E-state index in [1.165, 1.54) is 5.56 Å². The first kappa shape index (κ1) is 55.9. The highest BCUT2D eigenvalue weighted by Gasteiger charge is 2.46. The van der Waals surface area contributed by atoms with Gasteiger partial charge in [-0.05, 0) is 137 Å². The number of fused-ring (bicyclic) bond motifs is 3. The lowest BCUT2D eigenvalue weighted by molar-refractivity contribution is -0.143. The van der Waals surface area contributed by atoms with Crippen LogP contribution in [-0.4, -0.2) is 116 Å². The Balaban J connectivity index is 0.972. The quantitative estimate of drug-likeness (QED) is 0.0548. The number of aryl methyl sites for hydroxylation is 1. The monoisotopic (exact) mass is 1130 g/mol. The van der Waals surface area contributed by atoms with Crippen LogP contribution in [0.2, 0.25) is 0 Å². The summed E-state index contributed by atoms with van der Waals surface area (Å²) in [4.78, 5) is 90.7. The second-order valence-electron chi connectivity index (χ2n) is 21.2. The third-order valence-corrected chi connectivity index (χ3v) is 16.8. The largest absolute Gasteiger partial charge is 0.496 e. The van der Waals surface area contributed by atoms with Crippen LogP contribution in [-0.2, 0) is 36.9 Å². The zero-order valence-corrected chi connectivity index (χ0v) is 46.6. The van der Waals surface area contributed by atoms with Crippen molar-refractivity contribution < 1.29 is 38.6 Å². The number of hydrogen-bond acceptors (Lipinski definition) is 11. The van der Waals surface area contributed by atoms with Crippen molar-refractivity contribution in [2.75, 3.05) is 44.1 Å². The van der Waals surface area contributed by atoms with Gasteiger partial charge in [0.15, 0.2) is 6.23 Å². The first-order valence-electron chi connectivity index (χ1n) is 27.3. The molecule has 78 heavy (non-hydrogen) atoms. The number of nitrogens with one attached hydrogen (secondary N) is 6. The number of ether oxygens (including phenoxy) is 1. The zero-order chi connectivity index (χ0) is 55.2. The molecule has 2 aliphatic carbocycles. The van der Waals surface area contributed by atoms with Gasteiger partial charge in [-0.25, -0.2) is 0 Å². The Hall–Kier alpha value is -6.86. The number of aliphatic hydroxyl groups is 1. The maximum atomic E-state index is 15.0. The number of rotatable bonds is 17. The lowest BCUT2D eigenvalue weighted by Gasteiger charge is -2.35. The number of benzene rings is 5. The van der Waals surface area contributed by atoms with Crippen LogP contribution in [0, 0.1) is 5.92 Å². The van der Waals surface area contributed by atoms with E-state index in [0.717, 1.165) is 77.7 Å². The predicted octanol–water partition coefficient (Wildman–Crippen LogP) is 6.31. The molecule has 2 aliphatic heterocycles. The summed E-state index contributed by atoms with van der Waals surface area (Å²) < 4.78 is 6.76. The van der Waals surface area contributed by atoms with Crippen LogP contribution >= 0.6 is 15.9 Å². The van der Waals surface area contributed by atoms with E-state index in [1.807, 2.05) is 72.8 Å². The maximum absolute atomic E-state index is 15.0. The van der Waals surface area contributed by atoms with Crippen LogP contribution in [0.15, 0.2) is 108 Å². The summed E-state index contributed by atoms with van der Waals surface area (Å²) in [7, 11) is 4.93. The lowest BCUT2D eigenvalue weighted by atomic mass is 9.83. The minimum absolute atomic E-state index is 0.0569. The van der Waals surface area contributed by atoms with Crippen LogP contribution < -0.4 is 46.4 Å². The summed E-state index contributed by atoms with van der Waals surface area (Å²) in [5, 5.41) is 32.5. The van der Waals surface area contributed by atoms with Crippen LogP contribution in [0.5, 0.6) is 5.75 Å². The molecule has 1 saturated carbocycles. The van der Waals surface area contributed by atoms with Gasteiger partial charge in [-0.15, -0.1) is 0 Å². The lowest BCUT2D eigenvalue weighted by Crippen LogP contribution is -2.58. The number of halogens is 1. The van der Waals surface area contributed by atoms with Gasteiger partial charge in [0, 0.05) is 33.7 Å². The highest BCUT2D eigenvalue weighted by molar-refractivity contribution is 9.10. The first-order valence-corrected chi connectivity index (χ1v) is 28.1. The summed E-state index contributed by atoms with van der Waals surface area (Å²) in [6.45, 7) is 3.48. The molecule has 5 aromatic rings. The zero-order valence-electron chi connectivity index (χ0n) is 45.0. The van der Waals surface area contributed by atoms with Gasteiger partial charge in [0.25, 0.3) is 11.8 Å². The Morgan fingerprint density at radius 3 is 2.19 bits per heavy atom. The van der Waals surface area contributed by atoms with Crippen molar-refractivity contribution in [2.24, 2.45) is 5.92 Å². The van der Waals surface area contributed by atoms with E-state index in [4.69, 9.17) is 4.74 Å². The average molecular weight is 1130 g/mol. The minimum atomic E-state index is -1.35. The van der Waals surface area contributed by atoms with Gasteiger partial charge in [-0.2, -0.15) is 0 Å². The number of aliphatic hydroxyl groups excluding tert-OH is 1. The third kappa shape index (κ3) is 12.1. The molecule has 17 nitrogen and oxygen atoms in total. The van der Waals surface area contributed by atoms with Gasteiger partial charge >= 0.3 is 0 Å². The summed E-state index contributed by atoms with van der Waals surface area (Å²) >= 11 is 3.58. The van der Waals surface area contributed by atoms with Crippen molar-refractivity contribution in [1.82, 2.24) is 36.8 Å². The smallest absolute Gasteiger partial charge is 0.251 e. The van der Waals surface area contributed by atoms with E-state index in [1.54, 1.807) is 74.0 Å². The normalized spacial score (nSPS) is 21.1. The van der Waals surface area contributed by atoms with E-state index in [0.29, 0.717) is 22.7 Å². The van der Waals surface area contributed by atoms with E-state index >= 15 is 0 Å².